The van der Waals surface area contributed by atoms with Gasteiger partial charge in [-0.25, -0.2) is 9.97 Å². The Balaban J connectivity index is 0.932. The second-order valence-electron chi connectivity index (χ2n) is 26.5. The molecule has 0 bridgehead atoms. The number of aromatic nitrogens is 4. The van der Waals surface area contributed by atoms with Gasteiger partial charge in [-0.05, 0) is 151 Å². The number of benzene rings is 11. The molecule has 0 saturated heterocycles. The first kappa shape index (κ1) is 54.2. The summed E-state index contributed by atoms with van der Waals surface area (Å²) in [4.78, 5) is 14.0. The van der Waals surface area contributed by atoms with Crippen molar-refractivity contribution in [3.8, 4) is 79.0 Å². The van der Waals surface area contributed by atoms with E-state index in [9.17, 15) is 0 Å². The zero-order chi connectivity index (χ0) is 61.3. The molecule has 0 saturated carbocycles. The van der Waals surface area contributed by atoms with E-state index in [1.165, 1.54) is 38.2 Å². The first-order valence-corrected chi connectivity index (χ1v) is 31.7. The van der Waals surface area contributed by atoms with Crippen LogP contribution in [0.5, 0.6) is 11.5 Å². The Kier molecular flexibility index (Phi) is 12.4. The molecule has 91 heavy (non-hydrogen) atoms. The molecule has 11 aromatic carbocycles. The number of rotatable bonds is 8. The predicted octanol–water partition coefficient (Wildman–Crippen LogP) is 20.0. The van der Waals surface area contributed by atoms with E-state index in [1.807, 2.05) is 0 Å². The topological polar surface area (TPSA) is 48.1 Å². The Labute approximate surface area is 531 Å². The van der Waals surface area contributed by atoms with Gasteiger partial charge in [-0.2, -0.15) is 0 Å². The predicted molar refractivity (Wildman–Crippen MR) is 381 cm³/mol. The molecule has 0 aliphatic carbocycles. The van der Waals surface area contributed by atoms with E-state index >= 15 is 0 Å². The third-order valence-electron chi connectivity index (χ3n) is 18.9. The quantitative estimate of drug-likeness (QED) is 0.142. The molecule has 17 rings (SSSR count). The molecule has 434 valence electrons. The Morgan fingerprint density at radius 1 is 0.341 bits per heavy atom. The number of hydrogen-bond donors (Lipinski definition) is 0. The first-order valence-electron chi connectivity index (χ1n) is 31.7. The number of fused-ring (bicyclic) bond motifs is 10. The largest absolute Gasteiger partial charge is 0.458 e. The average Bonchev–Trinajstić information content (AvgIpc) is 1.48. The zero-order valence-electron chi connectivity index (χ0n) is 51.8. The highest BCUT2D eigenvalue weighted by molar-refractivity contribution is 6.99. The van der Waals surface area contributed by atoms with Crippen LogP contribution < -0.4 is 26.0 Å². The van der Waals surface area contributed by atoms with Gasteiger partial charge >= 0.3 is 0 Å². The van der Waals surface area contributed by atoms with Crippen molar-refractivity contribution < 1.29 is 4.74 Å². The molecule has 6 nitrogen and oxygen atoms in total. The normalized spacial score (nSPS) is 12.8. The molecule has 0 N–H and O–H groups in total. The standard InChI is InChI=1S/C84H64BN5O/c1-83(2,3)58-51-76-81-78(52-58)91-77-46-44-56(70-49-57(59-29-13-18-36-66(59)84(4,5)6)50-80(87-70)89-73-40-21-16-32-64(73)65-33-17-22-41-74(65)89)48-68(77)85(81)67-47-55(69-37-24-42-79(86-69)88-71-38-19-14-30-62(71)63-31-15-20-39-72(63)88)43-45-75(67)90(76)82-60(53-25-9-7-10-26-53)34-23-35-61(82)54-27-11-8-12-28-54/h7-52H,1-6H3. The highest BCUT2D eigenvalue weighted by Crippen LogP contribution is 2.51. The van der Waals surface area contributed by atoms with Crippen LogP contribution in [-0.2, 0) is 10.8 Å². The van der Waals surface area contributed by atoms with Gasteiger partial charge < -0.3 is 9.64 Å². The van der Waals surface area contributed by atoms with Gasteiger partial charge in [-0.1, -0.05) is 242 Å². The van der Waals surface area contributed by atoms with E-state index in [0.29, 0.717) is 0 Å². The van der Waals surface area contributed by atoms with Crippen molar-refractivity contribution in [1.29, 1.82) is 0 Å². The van der Waals surface area contributed by atoms with Gasteiger partial charge in [0.1, 0.15) is 23.1 Å². The van der Waals surface area contributed by atoms with Crippen LogP contribution in [0.2, 0.25) is 0 Å². The van der Waals surface area contributed by atoms with Crippen molar-refractivity contribution in [3.05, 3.63) is 290 Å². The molecular formula is C84H64BN5O. The number of ether oxygens (including phenoxy) is 1. The monoisotopic (exact) mass is 1170 g/mol. The minimum atomic E-state index is -0.278. The van der Waals surface area contributed by atoms with Crippen molar-refractivity contribution in [2.24, 2.45) is 0 Å². The highest BCUT2D eigenvalue weighted by atomic mass is 16.5. The maximum absolute atomic E-state index is 7.48. The summed E-state index contributed by atoms with van der Waals surface area (Å²) < 4.78 is 12.1. The maximum Gasteiger partial charge on any atom is 0.256 e. The molecular weight excluding hydrogens is 1110 g/mol. The van der Waals surface area contributed by atoms with Crippen LogP contribution >= 0.6 is 0 Å². The van der Waals surface area contributed by atoms with Gasteiger partial charge in [-0.3, -0.25) is 9.13 Å². The molecule has 0 amide bonds. The van der Waals surface area contributed by atoms with E-state index < -0.39 is 0 Å². The minimum Gasteiger partial charge on any atom is -0.458 e. The summed E-state index contributed by atoms with van der Waals surface area (Å²) in [6, 6.07) is 102. The van der Waals surface area contributed by atoms with Crippen molar-refractivity contribution in [3.63, 3.8) is 0 Å². The van der Waals surface area contributed by atoms with E-state index in [4.69, 9.17) is 14.7 Å². The van der Waals surface area contributed by atoms with E-state index in [-0.39, 0.29) is 17.5 Å². The van der Waals surface area contributed by atoms with Crippen LogP contribution in [0.1, 0.15) is 52.7 Å². The molecule has 2 aliphatic heterocycles. The second kappa shape index (κ2) is 20.8. The fourth-order valence-corrected chi connectivity index (χ4v) is 14.6. The van der Waals surface area contributed by atoms with Crippen LogP contribution in [-0.4, -0.2) is 25.8 Å². The van der Waals surface area contributed by atoms with E-state index in [0.717, 1.165) is 129 Å². The number of para-hydroxylation sites is 5. The molecule has 6 heterocycles. The average molecular weight is 1170 g/mol. The van der Waals surface area contributed by atoms with Crippen molar-refractivity contribution in [1.82, 2.24) is 19.1 Å². The Hall–Kier alpha value is -11.0. The fourth-order valence-electron chi connectivity index (χ4n) is 14.6. The number of pyridine rings is 2. The van der Waals surface area contributed by atoms with Crippen LogP contribution in [0.3, 0.4) is 0 Å². The molecule has 2 aliphatic rings. The van der Waals surface area contributed by atoms with Gasteiger partial charge in [0.25, 0.3) is 6.71 Å². The number of nitrogens with zero attached hydrogens (tertiary/aromatic N) is 5. The minimum absolute atomic E-state index is 0.124. The van der Waals surface area contributed by atoms with Crippen molar-refractivity contribution >= 4 is 83.8 Å². The van der Waals surface area contributed by atoms with Gasteiger partial charge in [0.15, 0.2) is 0 Å². The summed E-state index contributed by atoms with van der Waals surface area (Å²) in [5, 5.41) is 4.78. The Morgan fingerprint density at radius 2 is 0.846 bits per heavy atom. The summed E-state index contributed by atoms with van der Waals surface area (Å²) in [7, 11) is 0. The molecule has 0 unspecified atom stereocenters. The summed E-state index contributed by atoms with van der Waals surface area (Å²) >= 11 is 0. The number of hydrogen-bond acceptors (Lipinski definition) is 4. The van der Waals surface area contributed by atoms with Crippen LogP contribution in [0, 0.1) is 0 Å². The summed E-state index contributed by atoms with van der Waals surface area (Å²) in [5.41, 5.74) is 23.8. The highest BCUT2D eigenvalue weighted by Gasteiger charge is 2.44. The lowest BCUT2D eigenvalue weighted by molar-refractivity contribution is 0.483. The smallest absolute Gasteiger partial charge is 0.256 e. The lowest BCUT2D eigenvalue weighted by atomic mass is 9.34. The van der Waals surface area contributed by atoms with Crippen LogP contribution in [0.25, 0.3) is 111 Å². The third kappa shape index (κ3) is 8.85. The molecule has 4 aromatic heterocycles. The van der Waals surface area contributed by atoms with Gasteiger partial charge in [-0.15, -0.1) is 0 Å². The van der Waals surface area contributed by atoms with Gasteiger partial charge in [0, 0.05) is 44.0 Å². The SMILES string of the molecule is CC(C)(C)c1cc2c3c(c1)N(c1c(-c4ccccc4)cccc1-c1ccccc1)c1ccc(-c4cccc(-n5c6ccccc6c6ccccc65)n4)cc1B3c1cc(-c3cc(-c4ccccc4C(C)(C)C)cc(-n4c5ccccc5c5ccccc54)n3)ccc1O2. The summed E-state index contributed by atoms with van der Waals surface area (Å²) in [6.07, 6.45) is 0. The van der Waals surface area contributed by atoms with E-state index in [1.54, 1.807) is 0 Å². The Bertz CT molecular complexity index is 5270. The van der Waals surface area contributed by atoms with Crippen molar-refractivity contribution in [2.45, 2.75) is 52.4 Å². The first-order chi connectivity index (χ1) is 44.4. The maximum atomic E-state index is 7.48. The summed E-state index contributed by atoms with van der Waals surface area (Å²) in [5.74, 6) is 3.39. The molecule has 15 aromatic rings. The van der Waals surface area contributed by atoms with Crippen molar-refractivity contribution in [2.75, 3.05) is 4.90 Å². The fraction of sp³-hybridized carbons (Fsp3) is 0.0952. The lowest BCUT2D eigenvalue weighted by Crippen LogP contribution is -2.59. The molecule has 0 radical (unpaired) electrons. The molecule has 0 fully saturated rings. The van der Waals surface area contributed by atoms with Gasteiger partial charge in [0.05, 0.1) is 39.1 Å². The van der Waals surface area contributed by atoms with E-state index in [2.05, 4.69) is 335 Å². The van der Waals surface area contributed by atoms with Crippen LogP contribution in [0.4, 0.5) is 17.1 Å². The second-order valence-corrected chi connectivity index (χ2v) is 26.5. The Morgan fingerprint density at radius 3 is 1.45 bits per heavy atom. The molecule has 0 atom stereocenters. The lowest BCUT2D eigenvalue weighted by Gasteiger charge is -2.42. The zero-order valence-corrected chi connectivity index (χ0v) is 51.8. The molecule has 0 spiro atoms. The molecule has 7 heteroatoms. The summed E-state index contributed by atoms with van der Waals surface area (Å²) in [6.45, 7) is 13.5. The third-order valence-corrected chi connectivity index (χ3v) is 18.9. The van der Waals surface area contributed by atoms with Crippen LogP contribution in [0.15, 0.2) is 279 Å². The number of anilines is 3. The van der Waals surface area contributed by atoms with Gasteiger partial charge in [0.2, 0.25) is 0 Å².